The summed E-state index contributed by atoms with van der Waals surface area (Å²) in [4.78, 5) is 25.3. The largest absolute Gasteiger partial charge is 0.495 e. The van der Waals surface area contributed by atoms with Crippen LogP contribution in [0, 0.1) is 0 Å². The minimum Gasteiger partial charge on any atom is -0.495 e. The van der Waals surface area contributed by atoms with Crippen molar-refractivity contribution in [1.82, 2.24) is 0 Å². The molecule has 0 fully saturated rings. The van der Waals surface area contributed by atoms with E-state index in [2.05, 4.69) is 10.2 Å². The standard InChI is InChI=1S/C22H25Cl2N3O6/c1-6-32-14-8-9-17(20(10-14)33-7-2)27(24)22(29)21(13(3)28)26-25-16-11-15(23)18(30-4)12-19(16)31-5/h8-12,21H,6-7H2,1-5H3. The molecule has 178 valence electrons. The molecule has 0 saturated heterocycles. The van der Waals surface area contributed by atoms with Gasteiger partial charge in [0.15, 0.2) is 5.78 Å². The summed E-state index contributed by atoms with van der Waals surface area (Å²) < 4.78 is 22.2. The van der Waals surface area contributed by atoms with Crippen LogP contribution in [0.3, 0.4) is 0 Å². The Balaban J connectivity index is 2.38. The number of rotatable bonds is 11. The van der Waals surface area contributed by atoms with Gasteiger partial charge in [-0.1, -0.05) is 11.6 Å². The summed E-state index contributed by atoms with van der Waals surface area (Å²) in [5.74, 6) is 0.164. The Hall–Kier alpha value is -3.04. The summed E-state index contributed by atoms with van der Waals surface area (Å²) in [6, 6.07) is 6.26. The molecule has 1 unspecified atom stereocenters. The molecular weight excluding hydrogens is 473 g/mol. The van der Waals surface area contributed by atoms with Crippen molar-refractivity contribution in [3.8, 4) is 23.0 Å². The van der Waals surface area contributed by atoms with Gasteiger partial charge in [-0.2, -0.15) is 10.2 Å². The van der Waals surface area contributed by atoms with Crippen LogP contribution in [-0.4, -0.2) is 45.2 Å². The first-order valence-corrected chi connectivity index (χ1v) is 10.7. The number of nitrogens with zero attached hydrogens (tertiary/aromatic N) is 3. The second-order valence-electron chi connectivity index (χ2n) is 6.50. The highest BCUT2D eigenvalue weighted by molar-refractivity contribution is 6.39. The predicted molar refractivity (Wildman–Crippen MR) is 126 cm³/mol. The fraction of sp³-hybridized carbons (Fsp3) is 0.364. The zero-order chi connectivity index (χ0) is 24.5. The number of ketones is 1. The number of Topliss-reactive ketones (excluding diaryl/α,β-unsaturated/α-hetero) is 1. The molecule has 0 N–H and O–H groups in total. The third kappa shape index (κ3) is 6.49. The number of methoxy groups -OCH3 is 2. The first-order chi connectivity index (χ1) is 15.8. The highest BCUT2D eigenvalue weighted by Crippen LogP contribution is 2.38. The molecule has 0 spiro atoms. The van der Waals surface area contributed by atoms with Crippen molar-refractivity contribution in [2.75, 3.05) is 31.9 Å². The molecule has 0 bridgehead atoms. The average molecular weight is 498 g/mol. The SMILES string of the molecule is CCOc1ccc(N(Cl)C(=O)C(N=Nc2cc(Cl)c(OC)cc2OC)C(C)=O)c(OCC)c1. The van der Waals surface area contributed by atoms with Crippen LogP contribution < -0.4 is 23.4 Å². The number of benzene rings is 2. The van der Waals surface area contributed by atoms with Crippen molar-refractivity contribution in [3.63, 3.8) is 0 Å². The van der Waals surface area contributed by atoms with E-state index in [-0.39, 0.29) is 16.4 Å². The summed E-state index contributed by atoms with van der Waals surface area (Å²) in [6.07, 6.45) is 0. The van der Waals surface area contributed by atoms with Gasteiger partial charge in [0.05, 0.1) is 32.5 Å². The monoisotopic (exact) mass is 497 g/mol. The Labute approximate surface area is 202 Å². The summed E-state index contributed by atoms with van der Waals surface area (Å²) in [7, 11) is 2.88. The lowest BCUT2D eigenvalue weighted by atomic mass is 10.2. The van der Waals surface area contributed by atoms with Gasteiger partial charge < -0.3 is 18.9 Å². The first-order valence-electron chi connectivity index (χ1n) is 9.99. The van der Waals surface area contributed by atoms with E-state index in [4.69, 9.17) is 42.3 Å². The van der Waals surface area contributed by atoms with Gasteiger partial charge in [0.1, 0.15) is 34.4 Å². The van der Waals surface area contributed by atoms with E-state index < -0.39 is 17.7 Å². The van der Waals surface area contributed by atoms with Crippen LogP contribution in [0.5, 0.6) is 23.0 Å². The molecule has 0 aliphatic heterocycles. The second-order valence-corrected chi connectivity index (χ2v) is 7.25. The lowest BCUT2D eigenvalue weighted by Crippen LogP contribution is -2.36. The van der Waals surface area contributed by atoms with Crippen LogP contribution >= 0.6 is 23.4 Å². The van der Waals surface area contributed by atoms with Gasteiger partial charge in [-0.3, -0.25) is 9.59 Å². The van der Waals surface area contributed by atoms with Crippen molar-refractivity contribution in [2.24, 2.45) is 10.2 Å². The average Bonchev–Trinajstić information content (AvgIpc) is 2.79. The minimum absolute atomic E-state index is 0.208. The first kappa shape index (κ1) is 26.2. The van der Waals surface area contributed by atoms with Crippen molar-refractivity contribution in [3.05, 3.63) is 35.4 Å². The Kier molecular flexibility index (Phi) is 9.74. The van der Waals surface area contributed by atoms with Crippen LogP contribution in [-0.2, 0) is 9.59 Å². The van der Waals surface area contributed by atoms with E-state index in [1.165, 1.54) is 33.3 Å². The normalized spacial score (nSPS) is 11.7. The number of carbonyl (C=O) groups is 2. The second kappa shape index (κ2) is 12.3. The number of carbonyl (C=O) groups excluding carboxylic acids is 2. The van der Waals surface area contributed by atoms with Gasteiger partial charge in [0.25, 0.3) is 5.91 Å². The number of amides is 1. The third-order valence-electron chi connectivity index (χ3n) is 4.30. The van der Waals surface area contributed by atoms with E-state index >= 15 is 0 Å². The van der Waals surface area contributed by atoms with E-state index in [1.54, 1.807) is 25.1 Å². The van der Waals surface area contributed by atoms with Crippen LogP contribution in [0.1, 0.15) is 20.8 Å². The molecule has 2 rings (SSSR count). The summed E-state index contributed by atoms with van der Waals surface area (Å²) in [5.41, 5.74) is 0.443. The molecule has 0 aliphatic carbocycles. The summed E-state index contributed by atoms with van der Waals surface area (Å²) in [5, 5.41) is 8.19. The van der Waals surface area contributed by atoms with Gasteiger partial charge in [0.2, 0.25) is 6.04 Å². The summed E-state index contributed by atoms with van der Waals surface area (Å²) >= 11 is 12.5. The lowest BCUT2D eigenvalue weighted by Gasteiger charge is -2.20. The van der Waals surface area contributed by atoms with Crippen LogP contribution in [0.25, 0.3) is 0 Å². The molecule has 0 aromatic heterocycles. The zero-order valence-corrected chi connectivity index (χ0v) is 20.4. The van der Waals surface area contributed by atoms with Crippen molar-refractivity contribution < 1.29 is 28.5 Å². The quantitative estimate of drug-likeness (QED) is 0.234. The molecule has 0 radical (unpaired) electrons. The lowest BCUT2D eigenvalue weighted by molar-refractivity contribution is -0.126. The molecule has 1 atom stereocenters. The molecular formula is C22H25Cl2N3O6. The molecule has 9 nitrogen and oxygen atoms in total. The Morgan fingerprint density at radius 2 is 1.67 bits per heavy atom. The molecule has 0 saturated carbocycles. The highest BCUT2D eigenvalue weighted by Gasteiger charge is 2.30. The molecule has 33 heavy (non-hydrogen) atoms. The maximum absolute atomic E-state index is 13.1. The van der Waals surface area contributed by atoms with Crippen LogP contribution in [0.4, 0.5) is 11.4 Å². The number of anilines is 1. The smallest absolute Gasteiger partial charge is 0.276 e. The van der Waals surface area contributed by atoms with Gasteiger partial charge in [-0.25, -0.2) is 4.42 Å². The number of hydrogen-bond donors (Lipinski definition) is 0. The fourth-order valence-electron chi connectivity index (χ4n) is 2.76. The Morgan fingerprint density at radius 3 is 2.24 bits per heavy atom. The highest BCUT2D eigenvalue weighted by atomic mass is 35.5. The maximum Gasteiger partial charge on any atom is 0.276 e. The van der Waals surface area contributed by atoms with E-state index in [9.17, 15) is 9.59 Å². The predicted octanol–water partition coefficient (Wildman–Crippen LogP) is 5.38. The molecule has 1 amide bonds. The molecule has 2 aromatic rings. The fourth-order valence-corrected chi connectivity index (χ4v) is 3.22. The van der Waals surface area contributed by atoms with E-state index in [0.717, 1.165) is 4.42 Å². The Morgan fingerprint density at radius 1 is 1.00 bits per heavy atom. The van der Waals surface area contributed by atoms with Crippen LogP contribution in [0.15, 0.2) is 40.6 Å². The summed E-state index contributed by atoms with van der Waals surface area (Å²) in [6.45, 7) is 5.64. The van der Waals surface area contributed by atoms with Gasteiger partial charge >= 0.3 is 0 Å². The van der Waals surface area contributed by atoms with Gasteiger partial charge in [0, 0.05) is 23.9 Å². The van der Waals surface area contributed by atoms with Crippen molar-refractivity contribution in [1.29, 1.82) is 0 Å². The topological polar surface area (TPSA) is 99.0 Å². The van der Waals surface area contributed by atoms with E-state index in [1.807, 2.05) is 6.92 Å². The molecule has 0 aliphatic rings. The van der Waals surface area contributed by atoms with Crippen LogP contribution in [0.2, 0.25) is 5.02 Å². The molecule has 11 heteroatoms. The Bertz CT molecular complexity index is 1030. The number of halogens is 2. The molecule has 0 heterocycles. The third-order valence-corrected chi connectivity index (χ3v) is 4.94. The van der Waals surface area contributed by atoms with Gasteiger partial charge in [-0.15, -0.1) is 0 Å². The maximum atomic E-state index is 13.1. The van der Waals surface area contributed by atoms with Crippen molar-refractivity contribution in [2.45, 2.75) is 26.8 Å². The number of ether oxygens (including phenoxy) is 4. The molecule has 2 aromatic carbocycles. The number of azo groups is 1. The number of hydrogen-bond acceptors (Lipinski definition) is 8. The van der Waals surface area contributed by atoms with Gasteiger partial charge in [-0.05, 0) is 39.0 Å². The zero-order valence-electron chi connectivity index (χ0n) is 18.9. The van der Waals surface area contributed by atoms with E-state index in [0.29, 0.717) is 36.2 Å². The minimum atomic E-state index is -1.51. The van der Waals surface area contributed by atoms with Crippen molar-refractivity contribution >= 4 is 46.4 Å².